The molecule has 4 nitrogen and oxygen atoms in total. The maximum atomic E-state index is 12.0. The molecule has 5 heteroatoms. The van der Waals surface area contributed by atoms with Crippen LogP contribution in [0, 0.1) is 0 Å². The average Bonchev–Trinajstić information content (AvgIpc) is 2.39. The number of phenolic OH excluding ortho intramolecular Hbond substituents is 3. The van der Waals surface area contributed by atoms with E-state index >= 15 is 0 Å². The molecule has 0 spiro atoms. The number of carbonyl (C=O) groups excluding carboxylic acids is 1. The Bertz CT molecular complexity index is 620. The highest BCUT2D eigenvalue weighted by atomic mass is 35.5. The summed E-state index contributed by atoms with van der Waals surface area (Å²) in [6.07, 6.45) is 0.0644. The maximum absolute atomic E-state index is 12.0. The molecule has 0 aromatic heterocycles. The molecule has 0 fully saturated rings. The van der Waals surface area contributed by atoms with Crippen molar-refractivity contribution in [1.29, 1.82) is 0 Å². The molecule has 0 radical (unpaired) electrons. The highest BCUT2D eigenvalue weighted by Gasteiger charge is 2.17. The summed E-state index contributed by atoms with van der Waals surface area (Å²) in [4.78, 5) is 12.0. The number of hydrogen-bond donors (Lipinski definition) is 3. The molecule has 0 saturated carbocycles. The molecule has 0 amide bonds. The van der Waals surface area contributed by atoms with Crippen molar-refractivity contribution in [3.8, 4) is 17.2 Å². The van der Waals surface area contributed by atoms with Crippen LogP contribution in [0.3, 0.4) is 0 Å². The second kappa shape index (κ2) is 5.20. The van der Waals surface area contributed by atoms with Crippen LogP contribution in [0.1, 0.15) is 15.9 Å². The Hall–Kier alpha value is -2.20. The van der Waals surface area contributed by atoms with E-state index in [9.17, 15) is 20.1 Å². The molecular weight excluding hydrogens is 268 g/mol. The van der Waals surface area contributed by atoms with E-state index in [1.807, 2.05) is 0 Å². The molecule has 19 heavy (non-hydrogen) atoms. The molecule has 2 aromatic carbocycles. The molecular formula is C14H11ClO4. The van der Waals surface area contributed by atoms with Gasteiger partial charge >= 0.3 is 0 Å². The van der Waals surface area contributed by atoms with Gasteiger partial charge in [0.05, 0.1) is 5.56 Å². The second-order valence-electron chi connectivity index (χ2n) is 4.06. The summed E-state index contributed by atoms with van der Waals surface area (Å²) in [6, 6.07) is 9.17. The summed E-state index contributed by atoms with van der Waals surface area (Å²) < 4.78 is 0. The number of hydrogen-bond acceptors (Lipinski definition) is 4. The van der Waals surface area contributed by atoms with Crippen LogP contribution in [0.2, 0.25) is 5.02 Å². The third-order valence-electron chi connectivity index (χ3n) is 2.71. The molecule has 0 atom stereocenters. The Morgan fingerprint density at radius 1 is 0.947 bits per heavy atom. The summed E-state index contributed by atoms with van der Waals surface area (Å²) in [5.41, 5.74) is 0.701. The van der Waals surface area contributed by atoms with Crippen molar-refractivity contribution in [2.24, 2.45) is 0 Å². The monoisotopic (exact) mass is 278 g/mol. The fourth-order valence-corrected chi connectivity index (χ4v) is 1.80. The summed E-state index contributed by atoms with van der Waals surface area (Å²) >= 11 is 5.74. The van der Waals surface area contributed by atoms with Crippen molar-refractivity contribution in [1.82, 2.24) is 0 Å². The van der Waals surface area contributed by atoms with Crippen molar-refractivity contribution in [3.05, 3.63) is 52.5 Å². The topological polar surface area (TPSA) is 77.8 Å². The van der Waals surface area contributed by atoms with Gasteiger partial charge in [0.25, 0.3) is 0 Å². The number of aromatic hydroxyl groups is 3. The number of rotatable bonds is 3. The third-order valence-corrected chi connectivity index (χ3v) is 2.96. The molecule has 0 aliphatic carbocycles. The van der Waals surface area contributed by atoms with E-state index in [-0.39, 0.29) is 17.8 Å². The van der Waals surface area contributed by atoms with Gasteiger partial charge in [-0.3, -0.25) is 4.79 Å². The van der Waals surface area contributed by atoms with E-state index in [0.717, 1.165) is 11.6 Å². The van der Waals surface area contributed by atoms with Gasteiger partial charge in [0.1, 0.15) is 0 Å². The van der Waals surface area contributed by atoms with Crippen LogP contribution < -0.4 is 0 Å². The van der Waals surface area contributed by atoms with Crippen LogP contribution >= 0.6 is 11.6 Å². The Morgan fingerprint density at radius 2 is 1.58 bits per heavy atom. The minimum Gasteiger partial charge on any atom is -0.504 e. The predicted molar refractivity (Wildman–Crippen MR) is 70.9 cm³/mol. The van der Waals surface area contributed by atoms with Crippen LogP contribution in [0.5, 0.6) is 17.2 Å². The van der Waals surface area contributed by atoms with Gasteiger partial charge in [-0.15, -0.1) is 0 Å². The van der Waals surface area contributed by atoms with Crippen LogP contribution in [0.15, 0.2) is 36.4 Å². The number of ketones is 1. The Balaban J connectivity index is 2.25. The predicted octanol–water partition coefficient (Wildman–Crippen LogP) is 2.88. The highest BCUT2D eigenvalue weighted by Crippen LogP contribution is 2.37. The van der Waals surface area contributed by atoms with E-state index in [2.05, 4.69) is 0 Å². The summed E-state index contributed by atoms with van der Waals surface area (Å²) in [5, 5.41) is 28.7. The zero-order valence-electron chi connectivity index (χ0n) is 9.80. The van der Waals surface area contributed by atoms with Crippen LogP contribution in [0.25, 0.3) is 0 Å². The van der Waals surface area contributed by atoms with Crippen LogP contribution in [-0.4, -0.2) is 21.1 Å². The molecule has 2 aromatic rings. The first kappa shape index (κ1) is 13.2. The molecule has 3 N–H and O–H groups in total. The van der Waals surface area contributed by atoms with Gasteiger partial charge in [-0.05, 0) is 29.8 Å². The first-order chi connectivity index (χ1) is 8.99. The summed E-state index contributed by atoms with van der Waals surface area (Å²) in [7, 11) is 0. The molecule has 0 heterocycles. The van der Waals surface area contributed by atoms with Crippen molar-refractivity contribution in [2.75, 3.05) is 0 Å². The third kappa shape index (κ3) is 2.80. The first-order valence-electron chi connectivity index (χ1n) is 5.50. The van der Waals surface area contributed by atoms with E-state index in [1.165, 1.54) is 6.07 Å². The number of carbonyl (C=O) groups is 1. The minimum absolute atomic E-state index is 0.0368. The lowest BCUT2D eigenvalue weighted by Gasteiger charge is -2.07. The molecule has 0 aliphatic heterocycles. The van der Waals surface area contributed by atoms with E-state index in [1.54, 1.807) is 24.3 Å². The zero-order valence-corrected chi connectivity index (χ0v) is 10.6. The quantitative estimate of drug-likeness (QED) is 0.596. The number of Topliss-reactive ketones (excluding diaryl/α,β-unsaturated/α-hetero) is 1. The number of phenols is 3. The second-order valence-corrected chi connectivity index (χ2v) is 4.49. The van der Waals surface area contributed by atoms with Gasteiger partial charge in [-0.25, -0.2) is 0 Å². The van der Waals surface area contributed by atoms with Crippen molar-refractivity contribution in [2.45, 2.75) is 6.42 Å². The fourth-order valence-electron chi connectivity index (χ4n) is 1.68. The van der Waals surface area contributed by atoms with Crippen molar-refractivity contribution < 1.29 is 20.1 Å². The zero-order chi connectivity index (χ0) is 14.0. The molecule has 0 aliphatic rings. The van der Waals surface area contributed by atoms with E-state index in [0.29, 0.717) is 5.02 Å². The fraction of sp³-hybridized carbons (Fsp3) is 0.0714. The van der Waals surface area contributed by atoms with Gasteiger partial charge in [0.2, 0.25) is 5.75 Å². The SMILES string of the molecule is O=C(Cc1ccc(Cl)cc1)c1ccc(O)c(O)c1O. The van der Waals surface area contributed by atoms with Gasteiger partial charge in [0, 0.05) is 11.4 Å². The van der Waals surface area contributed by atoms with E-state index < -0.39 is 17.2 Å². The van der Waals surface area contributed by atoms with Gasteiger partial charge < -0.3 is 15.3 Å². The maximum Gasteiger partial charge on any atom is 0.201 e. The largest absolute Gasteiger partial charge is 0.504 e. The average molecular weight is 279 g/mol. The smallest absolute Gasteiger partial charge is 0.201 e. The van der Waals surface area contributed by atoms with Gasteiger partial charge in [-0.2, -0.15) is 0 Å². The molecule has 0 unspecified atom stereocenters. The molecule has 2 rings (SSSR count). The van der Waals surface area contributed by atoms with E-state index in [4.69, 9.17) is 11.6 Å². The van der Waals surface area contributed by atoms with Crippen LogP contribution in [-0.2, 0) is 6.42 Å². The Kier molecular flexibility index (Phi) is 3.62. The number of halogens is 1. The number of benzene rings is 2. The highest BCUT2D eigenvalue weighted by molar-refractivity contribution is 6.30. The minimum atomic E-state index is -0.693. The Morgan fingerprint density at radius 3 is 2.21 bits per heavy atom. The first-order valence-corrected chi connectivity index (χ1v) is 5.88. The van der Waals surface area contributed by atoms with Gasteiger partial charge in [-0.1, -0.05) is 23.7 Å². The summed E-state index contributed by atoms with van der Waals surface area (Å²) in [5.74, 6) is -2.14. The lowest BCUT2D eigenvalue weighted by Crippen LogP contribution is -2.03. The Labute approximate surface area is 114 Å². The lowest BCUT2D eigenvalue weighted by atomic mass is 10.0. The molecule has 0 bridgehead atoms. The molecule has 98 valence electrons. The van der Waals surface area contributed by atoms with Crippen LogP contribution in [0.4, 0.5) is 0 Å². The standard InChI is InChI=1S/C14H11ClO4/c15-9-3-1-8(2-4-9)7-12(17)10-5-6-11(16)14(19)13(10)18/h1-6,16,18-19H,7H2. The van der Waals surface area contributed by atoms with Crippen molar-refractivity contribution >= 4 is 17.4 Å². The normalized spacial score (nSPS) is 10.4. The summed E-state index contributed by atoms with van der Waals surface area (Å²) in [6.45, 7) is 0. The van der Waals surface area contributed by atoms with Gasteiger partial charge in [0.15, 0.2) is 17.3 Å². The molecule has 0 saturated heterocycles. The lowest BCUT2D eigenvalue weighted by molar-refractivity contribution is 0.0989. The van der Waals surface area contributed by atoms with Crippen molar-refractivity contribution in [3.63, 3.8) is 0 Å².